The molecule has 152 valence electrons. The Labute approximate surface area is 170 Å². The van der Waals surface area contributed by atoms with Gasteiger partial charge in [0.15, 0.2) is 11.5 Å². The van der Waals surface area contributed by atoms with Gasteiger partial charge in [0.25, 0.3) is 5.91 Å². The molecular weight excluding hydrogens is 368 g/mol. The molecule has 3 aliphatic heterocycles. The van der Waals surface area contributed by atoms with E-state index < -0.39 is 0 Å². The first-order valence-electron chi connectivity index (χ1n) is 10.4. The number of nitrogens with zero attached hydrogens (tertiary/aromatic N) is 4. The molecule has 7 nitrogen and oxygen atoms in total. The van der Waals surface area contributed by atoms with Crippen molar-refractivity contribution in [3.05, 3.63) is 47.7 Å². The van der Waals surface area contributed by atoms with Gasteiger partial charge in [-0.15, -0.1) is 0 Å². The van der Waals surface area contributed by atoms with Gasteiger partial charge in [-0.1, -0.05) is 6.07 Å². The highest BCUT2D eigenvalue weighted by atomic mass is 16.7. The molecular formula is C22H26N4O3. The van der Waals surface area contributed by atoms with Crippen LogP contribution in [0.15, 0.2) is 36.5 Å². The van der Waals surface area contributed by atoms with Gasteiger partial charge in [0.05, 0.1) is 5.56 Å². The SMILES string of the molecule is O=C(c1cccnc1N1CCCC1)N1CCN(Cc2ccc3c(c2)OCO3)CC1. The Morgan fingerprint density at radius 2 is 1.76 bits per heavy atom. The lowest BCUT2D eigenvalue weighted by Gasteiger charge is -2.35. The van der Waals surface area contributed by atoms with Crippen LogP contribution in [0.3, 0.4) is 0 Å². The van der Waals surface area contributed by atoms with E-state index in [4.69, 9.17) is 9.47 Å². The molecule has 0 atom stereocenters. The van der Waals surface area contributed by atoms with Gasteiger partial charge < -0.3 is 19.3 Å². The number of piperazine rings is 1. The number of ether oxygens (including phenoxy) is 2. The fourth-order valence-corrected chi connectivity index (χ4v) is 4.32. The number of aromatic nitrogens is 1. The molecule has 1 aromatic heterocycles. The summed E-state index contributed by atoms with van der Waals surface area (Å²) >= 11 is 0. The largest absolute Gasteiger partial charge is 0.454 e. The number of carbonyl (C=O) groups is 1. The minimum Gasteiger partial charge on any atom is -0.454 e. The summed E-state index contributed by atoms with van der Waals surface area (Å²) in [6.07, 6.45) is 4.12. The van der Waals surface area contributed by atoms with E-state index in [-0.39, 0.29) is 5.91 Å². The summed E-state index contributed by atoms with van der Waals surface area (Å²) in [5, 5.41) is 0. The molecule has 0 aliphatic carbocycles. The normalized spacial score (nSPS) is 19.0. The molecule has 5 rings (SSSR count). The van der Waals surface area contributed by atoms with E-state index in [2.05, 4.69) is 26.9 Å². The van der Waals surface area contributed by atoms with Gasteiger partial charge in [-0.2, -0.15) is 0 Å². The Kier molecular flexibility index (Phi) is 4.97. The molecule has 0 unspecified atom stereocenters. The highest BCUT2D eigenvalue weighted by Crippen LogP contribution is 2.33. The summed E-state index contributed by atoms with van der Waals surface area (Å²) in [4.78, 5) is 24.3. The third-order valence-electron chi connectivity index (χ3n) is 5.93. The van der Waals surface area contributed by atoms with Gasteiger partial charge in [0.2, 0.25) is 6.79 Å². The van der Waals surface area contributed by atoms with Crippen molar-refractivity contribution in [3.8, 4) is 11.5 Å². The van der Waals surface area contributed by atoms with Gasteiger partial charge in [-0.25, -0.2) is 4.98 Å². The first-order chi connectivity index (χ1) is 14.3. The zero-order valence-electron chi connectivity index (χ0n) is 16.5. The molecule has 2 saturated heterocycles. The Morgan fingerprint density at radius 1 is 0.966 bits per heavy atom. The van der Waals surface area contributed by atoms with Crippen LogP contribution in [0.2, 0.25) is 0 Å². The van der Waals surface area contributed by atoms with Crippen molar-refractivity contribution in [3.63, 3.8) is 0 Å². The maximum atomic E-state index is 13.2. The Hall–Kier alpha value is -2.80. The summed E-state index contributed by atoms with van der Waals surface area (Å²) in [5.41, 5.74) is 1.94. The van der Waals surface area contributed by atoms with Crippen molar-refractivity contribution >= 4 is 11.7 Å². The van der Waals surface area contributed by atoms with Crippen LogP contribution < -0.4 is 14.4 Å². The second-order valence-corrected chi connectivity index (χ2v) is 7.82. The molecule has 4 heterocycles. The van der Waals surface area contributed by atoms with Crippen LogP contribution in [-0.2, 0) is 6.54 Å². The molecule has 0 saturated carbocycles. The zero-order chi connectivity index (χ0) is 19.6. The fourth-order valence-electron chi connectivity index (χ4n) is 4.32. The van der Waals surface area contributed by atoms with Crippen LogP contribution in [0, 0.1) is 0 Å². The third-order valence-corrected chi connectivity index (χ3v) is 5.93. The van der Waals surface area contributed by atoms with Crippen LogP contribution in [0.1, 0.15) is 28.8 Å². The predicted molar refractivity (Wildman–Crippen MR) is 109 cm³/mol. The number of benzene rings is 1. The van der Waals surface area contributed by atoms with Gasteiger partial charge in [-0.05, 0) is 42.7 Å². The minimum absolute atomic E-state index is 0.0997. The summed E-state index contributed by atoms with van der Waals surface area (Å²) in [7, 11) is 0. The first-order valence-corrected chi connectivity index (χ1v) is 10.4. The van der Waals surface area contributed by atoms with E-state index in [9.17, 15) is 4.79 Å². The predicted octanol–water partition coefficient (Wildman–Crippen LogP) is 2.37. The second-order valence-electron chi connectivity index (χ2n) is 7.82. The van der Waals surface area contributed by atoms with Crippen molar-refractivity contribution in [1.82, 2.24) is 14.8 Å². The van der Waals surface area contributed by atoms with E-state index in [0.717, 1.165) is 68.7 Å². The van der Waals surface area contributed by atoms with Crippen molar-refractivity contribution in [2.45, 2.75) is 19.4 Å². The smallest absolute Gasteiger partial charge is 0.257 e. The standard InChI is InChI=1S/C22H26N4O3/c27-22(18-4-3-7-23-21(18)25-8-1-2-9-25)26-12-10-24(11-13-26)15-17-5-6-19-20(14-17)29-16-28-19/h3-7,14H,1-2,8-13,15-16H2. The van der Waals surface area contributed by atoms with E-state index in [0.29, 0.717) is 6.79 Å². The molecule has 7 heteroatoms. The minimum atomic E-state index is 0.0997. The number of pyridine rings is 1. The number of rotatable bonds is 4. The number of hydrogen-bond acceptors (Lipinski definition) is 6. The average molecular weight is 394 g/mol. The lowest BCUT2D eigenvalue weighted by atomic mass is 10.1. The number of amides is 1. The fraction of sp³-hybridized carbons (Fsp3) is 0.455. The monoisotopic (exact) mass is 394 g/mol. The maximum absolute atomic E-state index is 13.2. The van der Waals surface area contributed by atoms with Crippen LogP contribution in [-0.4, -0.2) is 66.8 Å². The molecule has 0 radical (unpaired) electrons. The molecule has 0 spiro atoms. The third kappa shape index (κ3) is 3.74. The molecule has 0 N–H and O–H groups in total. The second kappa shape index (κ2) is 7.91. The zero-order valence-corrected chi connectivity index (χ0v) is 16.5. The quantitative estimate of drug-likeness (QED) is 0.794. The molecule has 2 aromatic rings. The van der Waals surface area contributed by atoms with Crippen LogP contribution in [0.4, 0.5) is 5.82 Å². The van der Waals surface area contributed by atoms with Crippen molar-refractivity contribution in [2.24, 2.45) is 0 Å². The topological polar surface area (TPSA) is 58.1 Å². The van der Waals surface area contributed by atoms with Crippen molar-refractivity contribution < 1.29 is 14.3 Å². The summed E-state index contributed by atoms with van der Waals surface area (Å²) in [6, 6.07) is 9.89. The van der Waals surface area contributed by atoms with Crippen molar-refractivity contribution in [2.75, 3.05) is 51.0 Å². The van der Waals surface area contributed by atoms with Crippen LogP contribution in [0.5, 0.6) is 11.5 Å². The number of anilines is 1. The van der Waals surface area contributed by atoms with E-state index >= 15 is 0 Å². The van der Waals surface area contributed by atoms with Gasteiger partial charge in [0.1, 0.15) is 5.82 Å². The number of fused-ring (bicyclic) bond motifs is 1. The lowest BCUT2D eigenvalue weighted by Crippen LogP contribution is -2.48. The highest BCUT2D eigenvalue weighted by molar-refractivity contribution is 5.99. The lowest BCUT2D eigenvalue weighted by molar-refractivity contribution is 0.0628. The molecule has 0 bridgehead atoms. The summed E-state index contributed by atoms with van der Waals surface area (Å²) in [6.45, 7) is 6.31. The first kappa shape index (κ1) is 18.2. The summed E-state index contributed by atoms with van der Waals surface area (Å²) < 4.78 is 10.9. The van der Waals surface area contributed by atoms with Crippen LogP contribution >= 0.6 is 0 Å². The summed E-state index contributed by atoms with van der Waals surface area (Å²) in [5.74, 6) is 2.58. The van der Waals surface area contributed by atoms with E-state index in [1.165, 1.54) is 18.4 Å². The van der Waals surface area contributed by atoms with Gasteiger partial charge >= 0.3 is 0 Å². The van der Waals surface area contributed by atoms with E-state index in [1.807, 2.05) is 23.1 Å². The number of carbonyl (C=O) groups excluding carboxylic acids is 1. The average Bonchev–Trinajstić information content (AvgIpc) is 3.46. The molecule has 3 aliphatic rings. The Balaban J connectivity index is 1.21. The number of hydrogen-bond donors (Lipinski definition) is 0. The maximum Gasteiger partial charge on any atom is 0.257 e. The van der Waals surface area contributed by atoms with Gasteiger partial charge in [-0.3, -0.25) is 9.69 Å². The highest BCUT2D eigenvalue weighted by Gasteiger charge is 2.27. The van der Waals surface area contributed by atoms with Gasteiger partial charge in [0, 0.05) is 52.0 Å². The Bertz CT molecular complexity index is 889. The Morgan fingerprint density at radius 3 is 2.59 bits per heavy atom. The molecule has 1 amide bonds. The van der Waals surface area contributed by atoms with E-state index in [1.54, 1.807) is 6.20 Å². The molecule has 2 fully saturated rings. The molecule has 29 heavy (non-hydrogen) atoms. The molecule has 1 aromatic carbocycles. The van der Waals surface area contributed by atoms with Crippen LogP contribution in [0.25, 0.3) is 0 Å². The van der Waals surface area contributed by atoms with Crippen molar-refractivity contribution in [1.29, 1.82) is 0 Å².